The number of aryl methyl sites for hydroxylation is 1. The third-order valence-electron chi connectivity index (χ3n) is 3.97. The average Bonchev–Trinajstić information content (AvgIpc) is 2.55. The SMILES string of the molecule is O=C(COc1c(Cl)cccc1Cl)N[C@H]1CCCc2ccccc21. The molecule has 0 aliphatic heterocycles. The van der Waals surface area contributed by atoms with Crippen molar-refractivity contribution in [2.45, 2.75) is 25.3 Å². The molecule has 1 N–H and O–H groups in total. The van der Waals surface area contributed by atoms with Crippen LogP contribution in [0.15, 0.2) is 42.5 Å². The van der Waals surface area contributed by atoms with E-state index in [1.807, 2.05) is 12.1 Å². The number of carbonyl (C=O) groups excluding carboxylic acids is 1. The maximum Gasteiger partial charge on any atom is 0.258 e. The number of carbonyl (C=O) groups is 1. The molecule has 1 atom stereocenters. The minimum Gasteiger partial charge on any atom is -0.481 e. The molecule has 0 saturated carbocycles. The van der Waals surface area contributed by atoms with Gasteiger partial charge in [-0.3, -0.25) is 4.79 Å². The molecule has 3 nitrogen and oxygen atoms in total. The number of hydrogen-bond donors (Lipinski definition) is 1. The van der Waals surface area contributed by atoms with Crippen LogP contribution in [-0.2, 0) is 11.2 Å². The Morgan fingerprint density at radius 1 is 1.13 bits per heavy atom. The molecule has 23 heavy (non-hydrogen) atoms. The molecule has 1 amide bonds. The second kappa shape index (κ2) is 7.24. The van der Waals surface area contributed by atoms with Crippen LogP contribution in [0.3, 0.4) is 0 Å². The van der Waals surface area contributed by atoms with Crippen molar-refractivity contribution >= 4 is 29.1 Å². The van der Waals surface area contributed by atoms with Crippen molar-refractivity contribution in [2.24, 2.45) is 0 Å². The van der Waals surface area contributed by atoms with Crippen molar-refractivity contribution < 1.29 is 9.53 Å². The molecule has 1 aliphatic rings. The van der Waals surface area contributed by atoms with Gasteiger partial charge in [-0.1, -0.05) is 53.5 Å². The molecule has 120 valence electrons. The number of hydrogen-bond acceptors (Lipinski definition) is 2. The number of halogens is 2. The second-order valence-corrected chi connectivity index (χ2v) is 6.37. The maximum atomic E-state index is 12.2. The first-order valence-electron chi connectivity index (χ1n) is 7.59. The normalized spacial score (nSPS) is 16.5. The van der Waals surface area contributed by atoms with Crippen molar-refractivity contribution in [3.05, 3.63) is 63.6 Å². The Hall–Kier alpha value is -1.71. The molecule has 3 rings (SSSR count). The van der Waals surface area contributed by atoms with E-state index in [0.717, 1.165) is 19.3 Å². The number of nitrogens with one attached hydrogen (secondary N) is 1. The molecule has 0 saturated heterocycles. The van der Waals surface area contributed by atoms with Crippen LogP contribution in [-0.4, -0.2) is 12.5 Å². The summed E-state index contributed by atoms with van der Waals surface area (Å²) < 4.78 is 5.48. The molecule has 0 spiro atoms. The van der Waals surface area contributed by atoms with Crippen LogP contribution < -0.4 is 10.1 Å². The molecule has 5 heteroatoms. The van der Waals surface area contributed by atoms with Crippen LogP contribution in [0.1, 0.15) is 30.0 Å². The summed E-state index contributed by atoms with van der Waals surface area (Å²) in [5, 5.41) is 3.83. The van der Waals surface area contributed by atoms with E-state index in [9.17, 15) is 4.79 Å². The standard InChI is InChI=1S/C18H17Cl2NO2/c19-14-8-4-9-15(20)18(14)23-11-17(22)21-16-10-3-6-12-5-1-2-7-13(12)16/h1-2,4-5,7-9,16H,3,6,10-11H2,(H,21,22)/t16-/m0/s1. The second-order valence-electron chi connectivity index (χ2n) is 5.55. The van der Waals surface area contributed by atoms with Gasteiger partial charge in [0, 0.05) is 0 Å². The van der Waals surface area contributed by atoms with Gasteiger partial charge >= 0.3 is 0 Å². The fourth-order valence-corrected chi connectivity index (χ4v) is 3.40. The van der Waals surface area contributed by atoms with E-state index in [1.165, 1.54) is 11.1 Å². The molecule has 2 aromatic carbocycles. The van der Waals surface area contributed by atoms with E-state index >= 15 is 0 Å². The zero-order valence-corrected chi connectivity index (χ0v) is 14.0. The Balaban J connectivity index is 1.63. The Morgan fingerprint density at radius 2 is 1.87 bits per heavy atom. The molecule has 0 radical (unpaired) electrons. The van der Waals surface area contributed by atoms with Gasteiger partial charge in [-0.25, -0.2) is 0 Å². The average molecular weight is 350 g/mol. The Kier molecular flexibility index (Phi) is 5.09. The number of amides is 1. The summed E-state index contributed by atoms with van der Waals surface area (Å²) >= 11 is 12.1. The molecule has 2 aromatic rings. The smallest absolute Gasteiger partial charge is 0.258 e. The first kappa shape index (κ1) is 16.2. The molecule has 0 unspecified atom stereocenters. The van der Waals surface area contributed by atoms with Crippen molar-refractivity contribution in [1.29, 1.82) is 0 Å². The maximum absolute atomic E-state index is 12.2. The summed E-state index contributed by atoms with van der Waals surface area (Å²) in [6.07, 6.45) is 3.07. The van der Waals surface area contributed by atoms with Gasteiger partial charge in [0.25, 0.3) is 5.91 Å². The summed E-state index contributed by atoms with van der Waals surface area (Å²) in [5.41, 5.74) is 2.50. The third kappa shape index (κ3) is 3.80. The molecule has 1 aliphatic carbocycles. The highest BCUT2D eigenvalue weighted by Crippen LogP contribution is 2.32. The van der Waals surface area contributed by atoms with Crippen molar-refractivity contribution in [3.63, 3.8) is 0 Å². The lowest BCUT2D eigenvalue weighted by atomic mass is 9.88. The predicted octanol–water partition coefficient (Wildman–Crippen LogP) is 4.57. The first-order valence-corrected chi connectivity index (χ1v) is 8.34. The van der Waals surface area contributed by atoms with Gasteiger partial charge in [0.1, 0.15) is 0 Å². The number of fused-ring (bicyclic) bond motifs is 1. The van der Waals surface area contributed by atoms with Crippen LogP contribution in [0.4, 0.5) is 0 Å². The van der Waals surface area contributed by atoms with E-state index < -0.39 is 0 Å². The molecule has 0 heterocycles. The molecule has 0 bridgehead atoms. The van der Waals surface area contributed by atoms with Crippen LogP contribution in [0.5, 0.6) is 5.75 Å². The number of ether oxygens (including phenoxy) is 1. The quantitative estimate of drug-likeness (QED) is 0.878. The molecular formula is C18H17Cl2NO2. The predicted molar refractivity (Wildman–Crippen MR) is 92.2 cm³/mol. The Morgan fingerprint density at radius 3 is 2.65 bits per heavy atom. The zero-order chi connectivity index (χ0) is 16.2. The Labute approximate surface area is 145 Å². The first-order chi connectivity index (χ1) is 11.1. The fourth-order valence-electron chi connectivity index (χ4n) is 2.90. The monoisotopic (exact) mass is 349 g/mol. The van der Waals surface area contributed by atoms with Crippen LogP contribution >= 0.6 is 23.2 Å². The number of rotatable bonds is 4. The number of para-hydroxylation sites is 1. The van der Waals surface area contributed by atoms with E-state index in [4.69, 9.17) is 27.9 Å². The van der Waals surface area contributed by atoms with E-state index in [2.05, 4.69) is 17.4 Å². The summed E-state index contributed by atoms with van der Waals surface area (Å²) in [6.45, 7) is -0.109. The van der Waals surface area contributed by atoms with Gasteiger partial charge in [0.2, 0.25) is 0 Å². The third-order valence-corrected chi connectivity index (χ3v) is 4.57. The lowest BCUT2D eigenvalue weighted by Gasteiger charge is -2.26. The lowest BCUT2D eigenvalue weighted by molar-refractivity contribution is -0.123. The minimum absolute atomic E-state index is 0.0396. The summed E-state index contributed by atoms with van der Waals surface area (Å²) in [6, 6.07) is 13.4. The highest BCUT2D eigenvalue weighted by atomic mass is 35.5. The Bertz CT molecular complexity index is 698. The summed E-state index contributed by atoms with van der Waals surface area (Å²) in [7, 11) is 0. The summed E-state index contributed by atoms with van der Waals surface area (Å²) in [4.78, 5) is 12.2. The summed E-state index contributed by atoms with van der Waals surface area (Å²) in [5.74, 6) is 0.165. The van der Waals surface area contributed by atoms with Gasteiger partial charge < -0.3 is 10.1 Å². The topological polar surface area (TPSA) is 38.3 Å². The molecule has 0 fully saturated rings. The molecular weight excluding hydrogens is 333 g/mol. The minimum atomic E-state index is -0.178. The van der Waals surface area contributed by atoms with Gasteiger partial charge in [0.15, 0.2) is 12.4 Å². The fraction of sp³-hybridized carbons (Fsp3) is 0.278. The van der Waals surface area contributed by atoms with Gasteiger partial charge in [-0.15, -0.1) is 0 Å². The van der Waals surface area contributed by atoms with E-state index in [1.54, 1.807) is 18.2 Å². The van der Waals surface area contributed by atoms with E-state index in [0.29, 0.717) is 15.8 Å². The van der Waals surface area contributed by atoms with Crippen LogP contribution in [0.2, 0.25) is 10.0 Å². The highest BCUT2D eigenvalue weighted by Gasteiger charge is 2.21. The zero-order valence-electron chi connectivity index (χ0n) is 12.5. The van der Waals surface area contributed by atoms with Crippen molar-refractivity contribution in [3.8, 4) is 5.75 Å². The van der Waals surface area contributed by atoms with Crippen LogP contribution in [0.25, 0.3) is 0 Å². The van der Waals surface area contributed by atoms with Gasteiger partial charge in [-0.05, 0) is 42.5 Å². The largest absolute Gasteiger partial charge is 0.481 e. The highest BCUT2D eigenvalue weighted by molar-refractivity contribution is 6.37. The van der Waals surface area contributed by atoms with Gasteiger partial charge in [0.05, 0.1) is 16.1 Å². The van der Waals surface area contributed by atoms with Crippen molar-refractivity contribution in [1.82, 2.24) is 5.32 Å². The van der Waals surface area contributed by atoms with Crippen LogP contribution in [0, 0.1) is 0 Å². The number of benzene rings is 2. The van der Waals surface area contributed by atoms with Gasteiger partial charge in [-0.2, -0.15) is 0 Å². The van der Waals surface area contributed by atoms with E-state index in [-0.39, 0.29) is 18.6 Å². The molecule has 0 aromatic heterocycles. The lowest BCUT2D eigenvalue weighted by Crippen LogP contribution is -2.34. The van der Waals surface area contributed by atoms with Crippen molar-refractivity contribution in [2.75, 3.05) is 6.61 Å².